The summed E-state index contributed by atoms with van der Waals surface area (Å²) in [6, 6.07) is 8.26. The lowest BCUT2D eigenvalue weighted by atomic mass is 9.52. The SMILES string of the molecule is CC(=O)O[C@@]1([C@@H]2/C(C)=C(/O)C(=O)C3=C(C)[C@@H](O)[C@@H]4OC(C)(C)O[C@]4([C@H]2OC(=O)c2ccccc2)C3(C)C)CO[C@@H]1CCO. The lowest BCUT2D eigenvalue weighted by molar-refractivity contribution is -0.300. The highest BCUT2D eigenvalue weighted by Gasteiger charge is 2.77. The fraction of sp³-hybridized carbons (Fsp3) is 0.594. The zero-order chi connectivity index (χ0) is 31.7. The zero-order valence-electron chi connectivity index (χ0n) is 25.5. The van der Waals surface area contributed by atoms with Crippen LogP contribution in [0.25, 0.3) is 0 Å². The number of ketones is 1. The monoisotopic (exact) mass is 600 g/mol. The van der Waals surface area contributed by atoms with Gasteiger partial charge in [-0.25, -0.2) is 4.79 Å². The Hall–Kier alpha value is -3.09. The molecule has 2 bridgehead atoms. The Labute approximate surface area is 250 Å². The molecule has 1 spiro atoms. The molecule has 11 heteroatoms. The molecule has 43 heavy (non-hydrogen) atoms. The molecule has 234 valence electrons. The summed E-state index contributed by atoms with van der Waals surface area (Å²) in [5.74, 6) is -5.35. The van der Waals surface area contributed by atoms with Gasteiger partial charge in [0, 0.05) is 30.9 Å². The Morgan fingerprint density at radius 1 is 1.07 bits per heavy atom. The number of allylic oxidation sites excluding steroid dienone is 1. The van der Waals surface area contributed by atoms with Crippen LogP contribution in [0.3, 0.4) is 0 Å². The number of esters is 2. The van der Waals surface area contributed by atoms with Crippen molar-refractivity contribution in [3.05, 3.63) is 58.4 Å². The average Bonchev–Trinajstić information content (AvgIpc) is 3.25. The number of aliphatic hydroxyl groups excluding tert-OH is 3. The molecule has 2 fully saturated rings. The van der Waals surface area contributed by atoms with Crippen LogP contribution in [0.4, 0.5) is 0 Å². The first-order valence-corrected chi connectivity index (χ1v) is 14.5. The van der Waals surface area contributed by atoms with E-state index in [4.69, 9.17) is 23.7 Å². The molecule has 3 N–H and O–H groups in total. The Morgan fingerprint density at radius 2 is 1.72 bits per heavy atom. The van der Waals surface area contributed by atoms with Gasteiger partial charge in [0.05, 0.1) is 18.1 Å². The quantitative estimate of drug-likeness (QED) is 0.412. The summed E-state index contributed by atoms with van der Waals surface area (Å²) < 4.78 is 31.4. The molecule has 0 aromatic heterocycles. The molecule has 2 aliphatic heterocycles. The fourth-order valence-electron chi connectivity index (χ4n) is 7.75. The number of ether oxygens (including phenoxy) is 5. The number of Topliss-reactive ketones (excluding diaryl/α,β-unsaturated/α-hetero) is 1. The predicted molar refractivity (Wildman–Crippen MR) is 151 cm³/mol. The van der Waals surface area contributed by atoms with Crippen molar-refractivity contribution in [2.75, 3.05) is 13.2 Å². The van der Waals surface area contributed by atoms with Gasteiger partial charge in [-0.1, -0.05) is 32.0 Å². The van der Waals surface area contributed by atoms with E-state index in [1.807, 2.05) is 0 Å². The molecule has 2 heterocycles. The van der Waals surface area contributed by atoms with E-state index in [0.717, 1.165) is 0 Å². The van der Waals surface area contributed by atoms with Crippen molar-refractivity contribution >= 4 is 17.7 Å². The molecule has 2 saturated heterocycles. The Bertz CT molecular complexity index is 1390. The Kier molecular flexibility index (Phi) is 7.67. The molecule has 7 atom stereocenters. The van der Waals surface area contributed by atoms with Gasteiger partial charge in [0.2, 0.25) is 5.78 Å². The number of benzene rings is 1. The van der Waals surface area contributed by atoms with Crippen molar-refractivity contribution in [2.45, 2.75) is 96.3 Å². The number of carbonyl (C=O) groups excluding carboxylic acids is 3. The lowest BCUT2D eigenvalue weighted by Gasteiger charge is -2.61. The second-order valence-electron chi connectivity index (χ2n) is 12.9. The van der Waals surface area contributed by atoms with E-state index in [9.17, 15) is 29.7 Å². The third-order valence-electron chi connectivity index (χ3n) is 9.53. The van der Waals surface area contributed by atoms with Gasteiger partial charge in [0.25, 0.3) is 0 Å². The van der Waals surface area contributed by atoms with Crippen molar-refractivity contribution in [1.82, 2.24) is 0 Å². The minimum Gasteiger partial charge on any atom is -0.504 e. The van der Waals surface area contributed by atoms with Gasteiger partial charge in [-0.15, -0.1) is 0 Å². The van der Waals surface area contributed by atoms with Crippen LogP contribution >= 0.6 is 0 Å². The normalized spacial score (nSPS) is 38.0. The first-order chi connectivity index (χ1) is 20.1. The molecule has 1 aromatic carbocycles. The van der Waals surface area contributed by atoms with Crippen molar-refractivity contribution < 1.29 is 53.4 Å². The highest BCUT2D eigenvalue weighted by Crippen LogP contribution is 2.63. The largest absolute Gasteiger partial charge is 0.504 e. The molecule has 0 saturated carbocycles. The van der Waals surface area contributed by atoms with Crippen LogP contribution in [0.5, 0.6) is 0 Å². The third kappa shape index (κ3) is 4.47. The first kappa shape index (κ1) is 31.3. The lowest BCUT2D eigenvalue weighted by Crippen LogP contribution is -2.76. The molecule has 2 aliphatic carbocycles. The minimum absolute atomic E-state index is 0.0423. The maximum atomic E-state index is 14.1. The predicted octanol–water partition coefficient (Wildman–Crippen LogP) is 2.93. The molecule has 1 aromatic rings. The molecular weight excluding hydrogens is 560 g/mol. The first-order valence-electron chi connectivity index (χ1n) is 14.5. The highest BCUT2D eigenvalue weighted by atomic mass is 16.8. The number of rotatable bonds is 6. The molecule has 5 rings (SSSR count). The van der Waals surface area contributed by atoms with Gasteiger partial charge in [-0.05, 0) is 51.0 Å². The van der Waals surface area contributed by atoms with Gasteiger partial charge in [-0.3, -0.25) is 9.59 Å². The van der Waals surface area contributed by atoms with Crippen LogP contribution in [0.15, 0.2) is 52.8 Å². The van der Waals surface area contributed by atoms with E-state index in [0.29, 0.717) is 5.57 Å². The topological polar surface area (TPSA) is 158 Å². The van der Waals surface area contributed by atoms with Crippen LogP contribution in [-0.2, 0) is 33.3 Å². The van der Waals surface area contributed by atoms with Gasteiger partial charge in [0.1, 0.15) is 30.0 Å². The summed E-state index contributed by atoms with van der Waals surface area (Å²) in [6.07, 6.45) is -4.79. The van der Waals surface area contributed by atoms with E-state index >= 15 is 0 Å². The third-order valence-corrected chi connectivity index (χ3v) is 9.53. The van der Waals surface area contributed by atoms with Gasteiger partial charge >= 0.3 is 11.9 Å². The van der Waals surface area contributed by atoms with Crippen molar-refractivity contribution in [3.8, 4) is 0 Å². The van der Waals surface area contributed by atoms with E-state index in [-0.39, 0.29) is 36.3 Å². The summed E-state index contributed by atoms with van der Waals surface area (Å²) in [5.41, 5.74) is -3.99. The molecule has 4 aliphatic rings. The minimum atomic E-state index is -1.75. The van der Waals surface area contributed by atoms with Gasteiger partial charge in [-0.2, -0.15) is 0 Å². The summed E-state index contributed by atoms with van der Waals surface area (Å²) in [5, 5.41) is 33.2. The van der Waals surface area contributed by atoms with Gasteiger partial charge in [0.15, 0.2) is 17.1 Å². The number of carbonyl (C=O) groups is 3. The molecule has 11 nitrogen and oxygen atoms in total. The Morgan fingerprint density at radius 3 is 2.28 bits per heavy atom. The second kappa shape index (κ2) is 10.5. The summed E-state index contributed by atoms with van der Waals surface area (Å²) in [6.45, 7) is 10.6. The number of aliphatic hydroxyl groups is 3. The number of hydrogen-bond donors (Lipinski definition) is 3. The van der Waals surface area contributed by atoms with E-state index < -0.39 is 76.2 Å². The summed E-state index contributed by atoms with van der Waals surface area (Å²) >= 11 is 0. The van der Waals surface area contributed by atoms with Crippen LogP contribution < -0.4 is 0 Å². The highest BCUT2D eigenvalue weighted by molar-refractivity contribution is 6.09. The fourth-order valence-corrected chi connectivity index (χ4v) is 7.75. The maximum Gasteiger partial charge on any atom is 0.338 e. The molecule has 0 unspecified atom stereocenters. The van der Waals surface area contributed by atoms with Crippen molar-refractivity contribution in [3.63, 3.8) is 0 Å². The van der Waals surface area contributed by atoms with E-state index in [2.05, 4.69) is 0 Å². The van der Waals surface area contributed by atoms with Crippen molar-refractivity contribution in [2.24, 2.45) is 11.3 Å². The van der Waals surface area contributed by atoms with Gasteiger partial charge < -0.3 is 39.0 Å². The van der Waals surface area contributed by atoms with E-state index in [1.54, 1.807) is 65.0 Å². The zero-order valence-corrected chi connectivity index (χ0v) is 25.5. The van der Waals surface area contributed by atoms with Crippen LogP contribution in [0.1, 0.15) is 65.2 Å². The van der Waals surface area contributed by atoms with Crippen LogP contribution in [0.2, 0.25) is 0 Å². The molecular formula is C32H40O11. The summed E-state index contributed by atoms with van der Waals surface area (Å²) in [7, 11) is 0. The maximum absolute atomic E-state index is 14.1. The van der Waals surface area contributed by atoms with Crippen LogP contribution in [-0.4, -0.2) is 87.7 Å². The second-order valence-corrected chi connectivity index (χ2v) is 12.9. The smallest absolute Gasteiger partial charge is 0.338 e. The van der Waals surface area contributed by atoms with Crippen molar-refractivity contribution in [1.29, 1.82) is 0 Å². The van der Waals surface area contributed by atoms with Crippen LogP contribution in [0, 0.1) is 11.3 Å². The molecule has 0 radical (unpaired) electrons. The molecule has 0 amide bonds. The number of hydrogen-bond acceptors (Lipinski definition) is 11. The standard InChI is InChI=1S/C32H40O11/c1-16-21-25(37)23(35)17(2)22(31(41-18(3)34)15-39-20(31)13-14-33)26(40-28(38)19-11-9-8-10-12-19)32(29(21,4)5)27(24(16)36)42-30(6,7)43-32/h8-12,20,22,24,26-27,33,35-36H,13-15H2,1-7H3/b23-17+/t20-,22-,24-,26+,27+,31+,32+/m1/s1. The number of fused-ring (bicyclic) bond motifs is 1. The summed E-state index contributed by atoms with van der Waals surface area (Å²) in [4.78, 5) is 40.7. The average molecular weight is 601 g/mol. The van der Waals surface area contributed by atoms with E-state index in [1.165, 1.54) is 13.8 Å². The Balaban J connectivity index is 1.88.